The minimum absolute atomic E-state index is 0.237. The van der Waals surface area contributed by atoms with Gasteiger partial charge in [-0.1, -0.05) is 48.2 Å². The number of benzene rings is 2. The largest absolute Gasteiger partial charge is 0.392 e. The van der Waals surface area contributed by atoms with Crippen LogP contribution in [0.25, 0.3) is 10.9 Å². The number of nitrogens with zero attached hydrogens (tertiary/aromatic N) is 1. The number of anilines is 1. The van der Waals surface area contributed by atoms with Crippen LogP contribution in [0.1, 0.15) is 11.1 Å². The lowest BCUT2D eigenvalue weighted by Gasteiger charge is -2.32. The minimum atomic E-state index is -1.21. The zero-order valence-electron chi connectivity index (χ0n) is 13.0. The molecule has 0 saturated carbocycles. The molecule has 0 radical (unpaired) electrons. The lowest BCUT2D eigenvalue weighted by atomic mass is 9.70. The van der Waals surface area contributed by atoms with E-state index in [4.69, 9.17) is 5.73 Å². The van der Waals surface area contributed by atoms with Gasteiger partial charge in [-0.05, 0) is 12.1 Å². The molecule has 1 unspecified atom stereocenters. The molecular weight excluding hydrogens is 332 g/mol. The fourth-order valence-corrected chi connectivity index (χ4v) is 4.98. The lowest BCUT2D eigenvalue weighted by Crippen LogP contribution is -2.40. The third-order valence-electron chi connectivity index (χ3n) is 4.91. The zero-order chi connectivity index (χ0) is 17.2. The number of rotatable bonds is 0. The molecule has 25 heavy (non-hydrogen) atoms. The van der Waals surface area contributed by atoms with Crippen molar-refractivity contribution in [3.05, 3.63) is 70.3 Å². The molecule has 2 aromatic carbocycles. The first-order valence-electron chi connectivity index (χ1n) is 7.78. The first kappa shape index (κ1) is 14.2. The van der Waals surface area contributed by atoms with Crippen molar-refractivity contribution in [3.63, 3.8) is 0 Å². The Morgan fingerprint density at radius 3 is 2.72 bits per heavy atom. The molecule has 120 valence electrons. The summed E-state index contributed by atoms with van der Waals surface area (Å²) in [5.41, 5.74) is 8.51. The maximum atomic E-state index is 13.3. The summed E-state index contributed by atoms with van der Waals surface area (Å²) in [5, 5.41) is 14.9. The second kappa shape index (κ2) is 4.68. The van der Waals surface area contributed by atoms with Gasteiger partial charge in [0.2, 0.25) is 5.91 Å². The molecule has 3 aromatic rings. The molecule has 0 fully saturated rings. The Labute approximate surface area is 147 Å². The van der Waals surface area contributed by atoms with Crippen LogP contribution in [-0.4, -0.2) is 10.9 Å². The Morgan fingerprint density at radius 1 is 1.12 bits per heavy atom. The smallest absolute Gasteiger partial charge is 0.245 e. The molecule has 6 heteroatoms. The van der Waals surface area contributed by atoms with Gasteiger partial charge in [0.15, 0.2) is 0 Å². The van der Waals surface area contributed by atoms with Gasteiger partial charge in [-0.15, -0.1) is 0 Å². The van der Waals surface area contributed by atoms with E-state index >= 15 is 0 Å². The fraction of sp³-hybridized carbons (Fsp3) is 0.0526. The Bertz CT molecular complexity index is 1150. The first-order chi connectivity index (χ1) is 12.2. The number of nitrogens with two attached hydrogens (primary N) is 1. The quantitative estimate of drug-likeness (QED) is 0.583. The van der Waals surface area contributed by atoms with Gasteiger partial charge >= 0.3 is 0 Å². The van der Waals surface area contributed by atoms with Gasteiger partial charge in [-0.2, -0.15) is 5.26 Å². The number of hydrogen-bond acceptors (Lipinski definition) is 4. The van der Waals surface area contributed by atoms with E-state index < -0.39 is 5.41 Å². The van der Waals surface area contributed by atoms with Crippen LogP contribution in [-0.2, 0) is 10.2 Å². The van der Waals surface area contributed by atoms with Gasteiger partial charge in [0, 0.05) is 27.7 Å². The van der Waals surface area contributed by atoms with Crippen molar-refractivity contribution < 1.29 is 4.79 Å². The molecule has 0 aliphatic carbocycles. The number of H-pyrrole nitrogens is 1. The molecule has 1 aromatic heterocycles. The first-order valence-corrected chi connectivity index (χ1v) is 8.60. The van der Waals surface area contributed by atoms with E-state index in [1.807, 2.05) is 48.5 Å². The molecular formula is C19H12N4OS. The highest BCUT2D eigenvalue weighted by molar-refractivity contribution is 8.03. The number of fused-ring (bicyclic) bond motifs is 6. The predicted molar refractivity (Wildman–Crippen MR) is 96.8 cm³/mol. The van der Waals surface area contributed by atoms with Gasteiger partial charge < -0.3 is 16.0 Å². The van der Waals surface area contributed by atoms with E-state index in [0.717, 1.165) is 32.7 Å². The van der Waals surface area contributed by atoms with E-state index in [1.54, 1.807) is 0 Å². The van der Waals surface area contributed by atoms with E-state index in [2.05, 4.69) is 16.4 Å². The Kier molecular flexibility index (Phi) is 2.66. The molecule has 2 aliphatic rings. The van der Waals surface area contributed by atoms with E-state index in [0.29, 0.717) is 5.03 Å². The van der Waals surface area contributed by atoms with Crippen molar-refractivity contribution in [2.45, 2.75) is 10.4 Å². The third-order valence-corrected chi connectivity index (χ3v) is 5.85. The van der Waals surface area contributed by atoms with Gasteiger partial charge in [-0.3, -0.25) is 4.79 Å². The van der Waals surface area contributed by atoms with E-state index in [1.165, 1.54) is 11.8 Å². The molecule has 2 aliphatic heterocycles. The molecule has 1 amide bonds. The summed E-state index contributed by atoms with van der Waals surface area (Å²) in [6.45, 7) is 0. The van der Waals surface area contributed by atoms with Crippen LogP contribution in [0.2, 0.25) is 0 Å². The maximum Gasteiger partial charge on any atom is 0.245 e. The van der Waals surface area contributed by atoms with Gasteiger partial charge in [0.25, 0.3) is 0 Å². The number of aromatic amines is 1. The lowest BCUT2D eigenvalue weighted by molar-refractivity contribution is -0.118. The standard InChI is InChI=1S/C19H12N4OS/c20-9-12-16(21)25-17-15(10-5-1-3-7-13(10)22-17)19(12)11-6-2-4-8-14(11)23-18(19)24/h1-8,22H,21H2,(H,23,24). The summed E-state index contributed by atoms with van der Waals surface area (Å²) in [4.78, 5) is 16.6. The second-order valence-corrected chi connectivity index (χ2v) is 7.13. The highest BCUT2D eigenvalue weighted by Gasteiger charge is 2.56. The number of hydrogen-bond donors (Lipinski definition) is 3. The van der Waals surface area contributed by atoms with Crippen molar-refractivity contribution in [3.8, 4) is 6.07 Å². The van der Waals surface area contributed by atoms with Crippen LogP contribution >= 0.6 is 11.8 Å². The van der Waals surface area contributed by atoms with Crippen molar-refractivity contribution in [2.24, 2.45) is 5.73 Å². The minimum Gasteiger partial charge on any atom is -0.392 e. The van der Waals surface area contributed by atoms with Crippen LogP contribution in [0.4, 0.5) is 5.69 Å². The molecule has 4 N–H and O–H groups in total. The number of para-hydroxylation sites is 2. The molecule has 5 nitrogen and oxygen atoms in total. The third kappa shape index (κ3) is 1.56. The zero-order valence-corrected chi connectivity index (χ0v) is 13.8. The van der Waals surface area contributed by atoms with Crippen LogP contribution in [0.3, 0.4) is 0 Å². The summed E-state index contributed by atoms with van der Waals surface area (Å²) in [6.07, 6.45) is 0. The van der Waals surface area contributed by atoms with Crippen LogP contribution in [0.5, 0.6) is 0 Å². The van der Waals surface area contributed by atoms with Gasteiger partial charge in [0.05, 0.1) is 21.7 Å². The number of aromatic nitrogens is 1. The normalized spacial score (nSPS) is 21.2. The highest BCUT2D eigenvalue weighted by atomic mass is 32.2. The summed E-state index contributed by atoms with van der Waals surface area (Å²) in [6, 6.07) is 17.5. The predicted octanol–water partition coefficient (Wildman–Crippen LogP) is 3.21. The molecule has 5 rings (SSSR count). The molecule has 0 bridgehead atoms. The number of amides is 1. The number of thioether (sulfide) groups is 1. The summed E-state index contributed by atoms with van der Waals surface area (Å²) in [7, 11) is 0. The molecule has 1 spiro atoms. The number of nitrogens with one attached hydrogen (secondary N) is 2. The second-order valence-electron chi connectivity index (χ2n) is 6.08. The Balaban J connectivity index is 2.00. The fourth-order valence-electron chi connectivity index (χ4n) is 3.93. The van der Waals surface area contributed by atoms with Crippen molar-refractivity contribution in [1.82, 2.24) is 4.98 Å². The monoisotopic (exact) mass is 344 g/mol. The van der Waals surface area contributed by atoms with E-state index in [9.17, 15) is 10.1 Å². The van der Waals surface area contributed by atoms with Gasteiger partial charge in [-0.25, -0.2) is 0 Å². The summed E-state index contributed by atoms with van der Waals surface area (Å²) < 4.78 is 0. The maximum absolute atomic E-state index is 13.3. The number of carbonyl (C=O) groups is 1. The Morgan fingerprint density at radius 2 is 1.88 bits per heavy atom. The number of carbonyl (C=O) groups excluding carboxylic acids is 1. The summed E-state index contributed by atoms with van der Waals surface area (Å²) in [5.74, 6) is -0.237. The van der Waals surface area contributed by atoms with Crippen LogP contribution < -0.4 is 11.1 Å². The van der Waals surface area contributed by atoms with E-state index in [-0.39, 0.29) is 11.5 Å². The van der Waals surface area contributed by atoms with Crippen molar-refractivity contribution in [1.29, 1.82) is 5.26 Å². The number of nitriles is 1. The van der Waals surface area contributed by atoms with Gasteiger partial charge in [0.1, 0.15) is 5.41 Å². The van der Waals surface area contributed by atoms with Crippen molar-refractivity contribution in [2.75, 3.05) is 5.32 Å². The summed E-state index contributed by atoms with van der Waals surface area (Å²) >= 11 is 1.31. The Hall–Kier alpha value is -3.17. The average Bonchev–Trinajstić information content (AvgIpc) is 3.11. The van der Waals surface area contributed by atoms with Crippen molar-refractivity contribution >= 4 is 34.3 Å². The molecule has 0 saturated heterocycles. The SMILES string of the molecule is N#CC1=C(N)Sc2[nH]c3ccccc3c2C12C(=O)Nc1ccccc12. The molecule has 3 heterocycles. The topological polar surface area (TPSA) is 94.7 Å². The van der Waals surface area contributed by atoms with Crippen LogP contribution in [0, 0.1) is 11.3 Å². The average molecular weight is 344 g/mol. The molecule has 1 atom stereocenters. The highest BCUT2D eigenvalue weighted by Crippen LogP contribution is 2.56. The van der Waals surface area contributed by atoms with Crippen LogP contribution in [0.15, 0.2) is 64.2 Å².